The zero-order valence-corrected chi connectivity index (χ0v) is 12.1. The number of nitrogens with zero attached hydrogens (tertiary/aromatic N) is 2. The predicted octanol–water partition coefficient (Wildman–Crippen LogP) is 1.77. The van der Waals surface area contributed by atoms with Gasteiger partial charge < -0.3 is 9.80 Å². The predicted molar refractivity (Wildman–Crippen MR) is 76.2 cm³/mol. The molecule has 112 valence electrons. The minimum atomic E-state index is -0.405. The van der Waals surface area contributed by atoms with Crippen LogP contribution < -0.4 is 0 Å². The standard InChI is InChI=1S/C16H19FN2O2/c1-11-9-14(11)16(21)19-7-5-18(6-8-19)15(20)12-3-2-4-13(17)10-12/h2-4,10-11,14H,5-9H2,1H3. The molecule has 1 aliphatic carbocycles. The molecule has 0 spiro atoms. The fraction of sp³-hybridized carbons (Fsp3) is 0.500. The Morgan fingerprint density at radius 2 is 1.76 bits per heavy atom. The largest absolute Gasteiger partial charge is 0.339 e. The Balaban J connectivity index is 1.58. The van der Waals surface area contributed by atoms with Crippen LogP contribution in [0, 0.1) is 17.7 Å². The van der Waals surface area contributed by atoms with Crippen LogP contribution in [0.4, 0.5) is 4.39 Å². The summed E-state index contributed by atoms with van der Waals surface area (Å²) in [6.07, 6.45) is 0.987. The molecule has 1 saturated carbocycles. The molecule has 0 N–H and O–H groups in total. The third-order valence-electron chi connectivity index (χ3n) is 4.38. The van der Waals surface area contributed by atoms with Gasteiger partial charge in [-0.1, -0.05) is 13.0 Å². The summed E-state index contributed by atoms with van der Waals surface area (Å²) in [4.78, 5) is 28.0. The maximum Gasteiger partial charge on any atom is 0.254 e. The average Bonchev–Trinajstić information content (AvgIpc) is 3.23. The molecule has 21 heavy (non-hydrogen) atoms. The fourth-order valence-corrected chi connectivity index (χ4v) is 2.83. The number of carbonyl (C=O) groups is 2. The van der Waals surface area contributed by atoms with Crippen molar-refractivity contribution in [3.8, 4) is 0 Å². The zero-order chi connectivity index (χ0) is 15.0. The van der Waals surface area contributed by atoms with E-state index in [-0.39, 0.29) is 17.7 Å². The molecule has 2 aliphatic rings. The van der Waals surface area contributed by atoms with Gasteiger partial charge in [-0.2, -0.15) is 0 Å². The van der Waals surface area contributed by atoms with Crippen LogP contribution >= 0.6 is 0 Å². The van der Waals surface area contributed by atoms with Crippen molar-refractivity contribution in [3.05, 3.63) is 35.6 Å². The van der Waals surface area contributed by atoms with Gasteiger partial charge >= 0.3 is 0 Å². The van der Waals surface area contributed by atoms with E-state index >= 15 is 0 Å². The van der Waals surface area contributed by atoms with E-state index in [0.29, 0.717) is 37.7 Å². The number of benzene rings is 1. The molecule has 0 aromatic heterocycles. The monoisotopic (exact) mass is 290 g/mol. The maximum absolute atomic E-state index is 13.2. The van der Waals surface area contributed by atoms with Crippen LogP contribution in [-0.2, 0) is 4.79 Å². The third-order valence-corrected chi connectivity index (χ3v) is 4.38. The summed E-state index contributed by atoms with van der Waals surface area (Å²) in [5.41, 5.74) is 0.366. The van der Waals surface area contributed by atoms with E-state index in [1.54, 1.807) is 11.0 Å². The number of amides is 2. The van der Waals surface area contributed by atoms with Crippen molar-refractivity contribution in [3.63, 3.8) is 0 Å². The number of carbonyl (C=O) groups excluding carboxylic acids is 2. The lowest BCUT2D eigenvalue weighted by molar-refractivity contribution is -0.134. The maximum atomic E-state index is 13.2. The minimum Gasteiger partial charge on any atom is -0.339 e. The lowest BCUT2D eigenvalue weighted by atomic mass is 10.1. The molecule has 2 fully saturated rings. The van der Waals surface area contributed by atoms with Crippen molar-refractivity contribution >= 4 is 11.8 Å². The first-order chi connectivity index (χ1) is 10.1. The molecule has 1 aliphatic heterocycles. The summed E-state index contributed by atoms with van der Waals surface area (Å²) >= 11 is 0. The van der Waals surface area contributed by atoms with E-state index in [1.165, 1.54) is 18.2 Å². The molecule has 3 rings (SSSR count). The van der Waals surface area contributed by atoms with Gasteiger partial charge in [-0.3, -0.25) is 9.59 Å². The van der Waals surface area contributed by atoms with Crippen molar-refractivity contribution in [2.45, 2.75) is 13.3 Å². The van der Waals surface area contributed by atoms with E-state index in [0.717, 1.165) is 6.42 Å². The van der Waals surface area contributed by atoms with Gasteiger partial charge in [0.1, 0.15) is 5.82 Å². The van der Waals surface area contributed by atoms with Crippen molar-refractivity contribution < 1.29 is 14.0 Å². The topological polar surface area (TPSA) is 40.6 Å². The summed E-state index contributed by atoms with van der Waals surface area (Å²) in [7, 11) is 0. The van der Waals surface area contributed by atoms with Gasteiger partial charge in [-0.15, -0.1) is 0 Å². The molecule has 2 amide bonds. The number of hydrogen-bond acceptors (Lipinski definition) is 2. The Kier molecular flexibility index (Phi) is 3.66. The number of hydrogen-bond donors (Lipinski definition) is 0. The number of halogens is 1. The van der Waals surface area contributed by atoms with Gasteiger partial charge in [0.25, 0.3) is 5.91 Å². The first kappa shape index (κ1) is 14.0. The lowest BCUT2D eigenvalue weighted by Gasteiger charge is -2.35. The summed E-state index contributed by atoms with van der Waals surface area (Å²) in [5, 5.41) is 0. The zero-order valence-electron chi connectivity index (χ0n) is 12.1. The second-order valence-corrected chi connectivity index (χ2v) is 5.95. The van der Waals surface area contributed by atoms with E-state index in [1.807, 2.05) is 4.90 Å². The van der Waals surface area contributed by atoms with Crippen molar-refractivity contribution in [2.24, 2.45) is 11.8 Å². The molecule has 1 aromatic carbocycles. The summed E-state index contributed by atoms with van der Waals surface area (Å²) in [5.74, 6) is 0.346. The number of piperazine rings is 1. The highest BCUT2D eigenvalue weighted by molar-refractivity contribution is 5.94. The van der Waals surface area contributed by atoms with Crippen LogP contribution in [-0.4, -0.2) is 47.8 Å². The molecule has 2 unspecified atom stereocenters. The molecule has 2 atom stereocenters. The third kappa shape index (κ3) is 2.91. The highest BCUT2D eigenvalue weighted by atomic mass is 19.1. The molecule has 0 radical (unpaired) electrons. The van der Waals surface area contributed by atoms with E-state index in [4.69, 9.17) is 0 Å². The Labute approximate surface area is 123 Å². The van der Waals surface area contributed by atoms with Crippen molar-refractivity contribution in [1.29, 1.82) is 0 Å². The van der Waals surface area contributed by atoms with E-state index in [9.17, 15) is 14.0 Å². The summed E-state index contributed by atoms with van der Waals surface area (Å²) in [6, 6.07) is 5.74. The van der Waals surface area contributed by atoms with Crippen LogP contribution in [0.15, 0.2) is 24.3 Å². The second kappa shape index (κ2) is 5.47. The highest BCUT2D eigenvalue weighted by Crippen LogP contribution is 2.39. The first-order valence-corrected chi connectivity index (χ1v) is 7.40. The SMILES string of the molecule is CC1CC1C(=O)N1CCN(C(=O)c2cccc(F)c2)CC1. The van der Waals surface area contributed by atoms with E-state index < -0.39 is 5.82 Å². The van der Waals surface area contributed by atoms with E-state index in [2.05, 4.69) is 6.92 Å². The van der Waals surface area contributed by atoms with Crippen LogP contribution in [0.1, 0.15) is 23.7 Å². The van der Waals surface area contributed by atoms with Crippen LogP contribution in [0.2, 0.25) is 0 Å². The van der Waals surface area contributed by atoms with Gasteiger partial charge in [0, 0.05) is 37.7 Å². The minimum absolute atomic E-state index is 0.165. The Morgan fingerprint density at radius 1 is 1.14 bits per heavy atom. The quantitative estimate of drug-likeness (QED) is 0.833. The molecule has 0 bridgehead atoms. The molecular weight excluding hydrogens is 271 g/mol. The van der Waals surface area contributed by atoms with Gasteiger partial charge in [-0.05, 0) is 30.5 Å². The van der Waals surface area contributed by atoms with Gasteiger partial charge in [0.15, 0.2) is 0 Å². The molecule has 4 nitrogen and oxygen atoms in total. The van der Waals surface area contributed by atoms with Crippen LogP contribution in [0.25, 0.3) is 0 Å². The van der Waals surface area contributed by atoms with Crippen LogP contribution in [0.3, 0.4) is 0 Å². The van der Waals surface area contributed by atoms with Gasteiger partial charge in [0.05, 0.1) is 0 Å². The highest BCUT2D eigenvalue weighted by Gasteiger charge is 2.42. The molecule has 1 aromatic rings. The Morgan fingerprint density at radius 3 is 2.33 bits per heavy atom. The first-order valence-electron chi connectivity index (χ1n) is 7.40. The average molecular weight is 290 g/mol. The van der Waals surface area contributed by atoms with Gasteiger partial charge in [0.2, 0.25) is 5.91 Å². The fourth-order valence-electron chi connectivity index (χ4n) is 2.83. The summed E-state index contributed by atoms with van der Waals surface area (Å²) in [6.45, 7) is 4.27. The Hall–Kier alpha value is -1.91. The number of rotatable bonds is 2. The molecule has 1 heterocycles. The smallest absolute Gasteiger partial charge is 0.254 e. The normalized spacial score (nSPS) is 24.9. The van der Waals surface area contributed by atoms with Gasteiger partial charge in [-0.25, -0.2) is 4.39 Å². The second-order valence-electron chi connectivity index (χ2n) is 5.95. The molecule has 1 saturated heterocycles. The van der Waals surface area contributed by atoms with Crippen LogP contribution in [0.5, 0.6) is 0 Å². The lowest BCUT2D eigenvalue weighted by Crippen LogP contribution is -2.51. The Bertz CT molecular complexity index is 567. The summed E-state index contributed by atoms with van der Waals surface area (Å²) < 4.78 is 13.2. The van der Waals surface area contributed by atoms with Crippen molar-refractivity contribution in [1.82, 2.24) is 9.80 Å². The molecule has 5 heteroatoms. The van der Waals surface area contributed by atoms with Crippen molar-refractivity contribution in [2.75, 3.05) is 26.2 Å². The molecular formula is C16H19FN2O2.